The molecule has 6 heterocycles. The number of aromatic amines is 1. The van der Waals surface area contributed by atoms with E-state index in [2.05, 4.69) is 41.9 Å². The highest BCUT2D eigenvalue weighted by molar-refractivity contribution is 6.01. The van der Waals surface area contributed by atoms with Crippen molar-refractivity contribution in [3.63, 3.8) is 0 Å². The largest absolute Gasteiger partial charge is 0.497 e. The van der Waals surface area contributed by atoms with E-state index in [1.54, 1.807) is 79.9 Å². The lowest BCUT2D eigenvalue weighted by atomic mass is 9.84. The Hall–Kier alpha value is -10.9. The van der Waals surface area contributed by atoms with Crippen molar-refractivity contribution in [1.29, 1.82) is 0 Å². The summed E-state index contributed by atoms with van der Waals surface area (Å²) in [6.45, 7) is 3.46. The van der Waals surface area contributed by atoms with Crippen molar-refractivity contribution >= 4 is 93.2 Å². The molecular formula is C81H97F3N12O15. The summed E-state index contributed by atoms with van der Waals surface area (Å²) < 4.78 is 57.8. The van der Waals surface area contributed by atoms with Gasteiger partial charge in [0.05, 0.1) is 56.8 Å². The summed E-state index contributed by atoms with van der Waals surface area (Å²) in [6, 6.07) is 11.3. The molecule has 0 saturated carbocycles. The van der Waals surface area contributed by atoms with E-state index in [4.69, 9.17) is 20.9 Å². The van der Waals surface area contributed by atoms with Gasteiger partial charge in [-0.05, 0) is 160 Å². The number of primary amides is 1. The predicted octanol–water partition coefficient (Wildman–Crippen LogP) is 4.64. The van der Waals surface area contributed by atoms with Crippen LogP contribution in [0.5, 0.6) is 11.5 Å². The van der Waals surface area contributed by atoms with Crippen molar-refractivity contribution in [2.45, 2.75) is 184 Å². The number of rotatable bonds is 16. The molecule has 6 aliphatic rings. The van der Waals surface area contributed by atoms with Crippen LogP contribution in [0.2, 0.25) is 0 Å². The monoisotopic (exact) mass is 1530 g/mol. The van der Waals surface area contributed by atoms with Gasteiger partial charge in [-0.2, -0.15) is 0 Å². The van der Waals surface area contributed by atoms with E-state index in [1.165, 1.54) is 62.4 Å². The van der Waals surface area contributed by atoms with Crippen molar-refractivity contribution in [2.75, 3.05) is 39.9 Å². The Bertz CT molecular complexity index is 4410. The first-order valence-electron chi connectivity index (χ1n) is 37.7. The Morgan fingerprint density at radius 1 is 0.793 bits per heavy atom. The van der Waals surface area contributed by atoms with Gasteiger partial charge in [0, 0.05) is 98.3 Å². The molecule has 4 aromatic carbocycles. The predicted molar refractivity (Wildman–Crippen MR) is 403 cm³/mol. The first kappa shape index (κ1) is 82.6. The molecule has 0 spiro atoms. The summed E-state index contributed by atoms with van der Waals surface area (Å²) in [4.78, 5) is 185. The number of aliphatic hydroxyl groups excluding tert-OH is 1. The molecule has 2 saturated heterocycles. The van der Waals surface area contributed by atoms with Crippen LogP contribution in [-0.4, -0.2) is 191 Å². The summed E-state index contributed by atoms with van der Waals surface area (Å²) in [5.41, 5.74) is 14.1. The van der Waals surface area contributed by atoms with Gasteiger partial charge in [-0.1, -0.05) is 48.9 Å². The number of benzene rings is 4. The van der Waals surface area contributed by atoms with Gasteiger partial charge in [0.15, 0.2) is 17.3 Å². The number of hydrogen-bond donors (Lipinski definition) is 10. The van der Waals surface area contributed by atoms with Crippen LogP contribution in [-0.2, 0) is 83.2 Å². The number of ketones is 3. The van der Waals surface area contributed by atoms with Crippen LogP contribution in [0.25, 0.3) is 16.5 Å². The number of unbranched alkanes of at least 4 members (excludes halogenated alkanes) is 1. The number of carbonyl (C=O) groups excluding carboxylic acids is 12. The zero-order valence-electron chi connectivity index (χ0n) is 62.6. The number of H-pyrrole nitrogens is 1. The number of carbonyl (C=O) groups is 12. The molecule has 9 amide bonds. The molecular weight excluding hydrogens is 1440 g/mol. The highest BCUT2D eigenvalue weighted by Crippen LogP contribution is 2.36. The molecule has 27 nitrogen and oxygen atoms in total. The van der Waals surface area contributed by atoms with Crippen LogP contribution < -0.4 is 52.8 Å². The van der Waals surface area contributed by atoms with Crippen LogP contribution >= 0.6 is 0 Å². The maximum atomic E-state index is 16.3. The van der Waals surface area contributed by atoms with Gasteiger partial charge >= 0.3 is 0 Å². The fraction of sp³-hybridized carbons (Fsp3) is 0.469. The molecule has 5 aromatic rings. The van der Waals surface area contributed by atoms with Gasteiger partial charge in [0.1, 0.15) is 60.1 Å². The lowest BCUT2D eigenvalue weighted by Gasteiger charge is -2.37. The number of nitrogens with two attached hydrogens (primary N) is 2. The second kappa shape index (κ2) is 37.7. The highest BCUT2D eigenvalue weighted by Gasteiger charge is 2.49. The first-order chi connectivity index (χ1) is 53.1. The minimum atomic E-state index is -1.90. The van der Waals surface area contributed by atoms with Gasteiger partial charge in [-0.3, -0.25) is 62.5 Å². The number of Topliss-reactive ketones (excluding diaryl/α,β-unsaturated/α-hetero) is 3. The fourth-order valence-electron chi connectivity index (χ4n) is 15.1. The fourth-order valence-corrected chi connectivity index (χ4v) is 15.1. The number of ether oxygens (including phenoxy) is 2. The number of aliphatic imine (C=N–C) groups is 1. The Kier molecular flexibility index (Phi) is 28.1. The number of halogens is 3. The number of methoxy groups -OCH3 is 1. The lowest BCUT2D eigenvalue weighted by Crippen LogP contribution is -2.62. The molecule has 11 rings (SSSR count). The number of fused-ring (bicyclic) bond motifs is 32. The van der Waals surface area contributed by atoms with Crippen molar-refractivity contribution in [3.05, 3.63) is 148 Å². The van der Waals surface area contributed by atoms with Crippen LogP contribution in [0.15, 0.2) is 114 Å². The number of aliphatic hydroxyl groups is 1. The number of aromatic nitrogens is 1. The molecule has 30 heteroatoms. The van der Waals surface area contributed by atoms with E-state index < -0.39 is 193 Å². The van der Waals surface area contributed by atoms with E-state index in [1.807, 2.05) is 0 Å². The molecule has 2 fully saturated rings. The molecule has 2 bridgehead atoms. The Morgan fingerprint density at radius 3 is 2.22 bits per heavy atom. The maximum Gasteiger partial charge on any atom is 0.246 e. The van der Waals surface area contributed by atoms with E-state index in [0.717, 1.165) is 4.90 Å². The molecule has 0 unspecified atom stereocenters. The second-order valence-electron chi connectivity index (χ2n) is 29.5. The molecule has 12 N–H and O–H groups in total. The maximum absolute atomic E-state index is 16.3. The third kappa shape index (κ3) is 21.4. The van der Waals surface area contributed by atoms with Crippen LogP contribution in [0.1, 0.15) is 132 Å². The van der Waals surface area contributed by atoms with Crippen molar-refractivity contribution in [3.8, 4) is 11.5 Å². The molecule has 0 radical (unpaired) electrons. The van der Waals surface area contributed by atoms with Gasteiger partial charge in [0.2, 0.25) is 53.2 Å². The van der Waals surface area contributed by atoms with Gasteiger partial charge in [-0.15, -0.1) is 0 Å². The Balaban J connectivity index is 0.990. The summed E-state index contributed by atoms with van der Waals surface area (Å²) in [6.07, 6.45) is 1.06. The lowest BCUT2D eigenvalue weighted by molar-refractivity contribution is -0.147. The van der Waals surface area contributed by atoms with Gasteiger partial charge in [-0.25, -0.2) is 13.2 Å². The Labute approximate surface area is 640 Å². The average molecular weight is 1540 g/mol. The number of nitrogens with one attached hydrogen (secondary N) is 7. The summed E-state index contributed by atoms with van der Waals surface area (Å²) in [7, 11) is 1.46. The van der Waals surface area contributed by atoms with E-state index in [9.17, 15) is 48.3 Å². The second-order valence-corrected chi connectivity index (χ2v) is 29.5. The third-order valence-electron chi connectivity index (χ3n) is 21.4. The molecule has 592 valence electrons. The van der Waals surface area contributed by atoms with Gasteiger partial charge < -0.3 is 72.7 Å². The van der Waals surface area contributed by atoms with Gasteiger partial charge in [0.25, 0.3) is 0 Å². The number of nitrogens with zero attached hydrogens (tertiary/aromatic N) is 3. The van der Waals surface area contributed by atoms with E-state index in [0.29, 0.717) is 87.2 Å². The quantitative estimate of drug-likeness (QED) is 0.0601. The number of hydrogen-bond acceptors (Lipinski definition) is 17. The molecule has 12 atom stereocenters. The van der Waals surface area contributed by atoms with Crippen molar-refractivity contribution < 1.29 is 85.3 Å². The molecule has 111 heavy (non-hydrogen) atoms. The number of amides is 9. The average Bonchev–Trinajstić information content (AvgIpc) is 1.68. The summed E-state index contributed by atoms with van der Waals surface area (Å²) in [5, 5.41) is 27.8. The smallest absolute Gasteiger partial charge is 0.246 e. The van der Waals surface area contributed by atoms with E-state index >= 15 is 27.6 Å². The highest BCUT2D eigenvalue weighted by atomic mass is 19.1. The van der Waals surface area contributed by atoms with Crippen LogP contribution in [0.4, 0.5) is 13.2 Å². The minimum absolute atomic E-state index is 0.00687. The first-order valence-corrected chi connectivity index (χ1v) is 37.7. The molecule has 1 aromatic heterocycles. The third-order valence-corrected chi connectivity index (χ3v) is 21.4. The molecule has 5 aliphatic heterocycles. The molecule has 1 aliphatic carbocycles. The number of alkyl halides is 1. The van der Waals surface area contributed by atoms with E-state index in [-0.39, 0.29) is 77.6 Å². The minimum Gasteiger partial charge on any atom is -0.497 e. The zero-order valence-corrected chi connectivity index (χ0v) is 62.6. The van der Waals surface area contributed by atoms with Crippen molar-refractivity contribution in [2.24, 2.45) is 34.2 Å². The zero-order chi connectivity index (χ0) is 79.8. The van der Waals surface area contributed by atoms with Crippen LogP contribution in [0, 0.1) is 29.4 Å². The standard InChI is InChI=1S/C81H97F3N12O15/c1-45-68(98)36-53(33-54-43-89-63-24-19-56(83)39-62(54)63)76(105)92-66(34-50-16-15-49-17-18-55(82)38-61(49)50)79(108)95-44-57(84)40-67(95)77(106)94-73(46(2)97)78(107)93-65(32-48-11-20-59(110-4)21-12-48)80(109)96-29-8-25-81(96,3)70(100)37-52(74(86)103)31-47-13-22-60(23-14-47)111-30-28-88-71(101)42-64(91-72(102)41-58-10-7-27-87-58)69(99)35-51(75(104)90-45)9-5-6-26-85/h10-14,16-24,27,38-39,43,45-46,51-53,57,64-67,73,89,97H,5-9,15,25-26,28-37,40-42,44,85H2,1-4H3,(H2,86,103)(H,88,101)(H,90,104)(H,91,102)(H,92,105)(H,93,107)(H,94,106)/t45-,46-,51-,52-,53-,57+,64+,65+,66+,67+,73+,81+/m1/s1. The summed E-state index contributed by atoms with van der Waals surface area (Å²) in [5.74, 6) is -13.9. The van der Waals surface area contributed by atoms with Crippen LogP contribution in [0.3, 0.4) is 0 Å². The number of allylic oxidation sites excluding steroid dienone is 2. The normalized spacial score (nSPS) is 25.7. The Morgan fingerprint density at radius 2 is 1.50 bits per heavy atom. The summed E-state index contributed by atoms with van der Waals surface area (Å²) >= 11 is 0. The van der Waals surface area contributed by atoms with Crippen molar-refractivity contribution in [1.82, 2.24) is 46.7 Å². The SMILES string of the molecule is COc1ccc(C[C@@H]2NC(=O)[C@H]([C@@H](C)O)NC(=O)[C@@H]3C[C@H](F)CN3C(=O)[C@H](CC3=CCc4ccc(F)cc43)NC(=O)[C@H](Cc3c[nH]c4ccc(F)cc34)CC(=O)[C@@H](C)NC(=O)[C@H](CCCCN)CC(=O)[C@@H](NC(=O)CC3=CCC=N3)CC(=O)NCCOc3ccc(cc3)C[C@@H](C(N)=O)CC(=O)[C@]3(C)CCCN3C2=O)cc1. The topological polar surface area (TPSA) is 402 Å².